The first-order valence-corrected chi connectivity index (χ1v) is 6.34. The van der Waals surface area contributed by atoms with Crippen LogP contribution in [0.2, 0.25) is 0 Å². The third-order valence-corrected chi connectivity index (χ3v) is 3.35. The normalized spacial score (nSPS) is 15.7. The van der Waals surface area contributed by atoms with Crippen molar-refractivity contribution in [2.75, 3.05) is 0 Å². The van der Waals surface area contributed by atoms with Gasteiger partial charge in [-0.25, -0.2) is 4.98 Å². The minimum atomic E-state index is -0.388. The van der Waals surface area contributed by atoms with Crippen molar-refractivity contribution in [3.63, 3.8) is 0 Å². The Morgan fingerprint density at radius 3 is 2.84 bits per heavy atom. The predicted octanol–water partition coefficient (Wildman–Crippen LogP) is 2.27. The van der Waals surface area contributed by atoms with Gasteiger partial charge in [0.2, 0.25) is 0 Å². The fourth-order valence-electron chi connectivity index (χ4n) is 2.09. The molecule has 1 heterocycles. The highest BCUT2D eigenvalue weighted by molar-refractivity contribution is 5.95. The van der Waals surface area contributed by atoms with Gasteiger partial charge in [-0.15, -0.1) is 0 Å². The number of benzene rings is 1. The third kappa shape index (κ3) is 2.41. The van der Waals surface area contributed by atoms with Crippen molar-refractivity contribution in [2.45, 2.75) is 18.9 Å². The highest BCUT2D eigenvalue weighted by atomic mass is 16.1. The van der Waals surface area contributed by atoms with E-state index >= 15 is 0 Å². The van der Waals surface area contributed by atoms with Crippen LogP contribution in [0.5, 0.6) is 0 Å². The Balaban J connectivity index is 1.83. The largest absolute Gasteiger partial charge is 0.335 e. The van der Waals surface area contributed by atoms with Crippen molar-refractivity contribution < 1.29 is 4.79 Å². The van der Waals surface area contributed by atoms with Crippen molar-refractivity contribution in [1.29, 1.82) is 5.26 Å². The van der Waals surface area contributed by atoms with Crippen LogP contribution in [0.15, 0.2) is 36.4 Å². The minimum Gasteiger partial charge on any atom is -0.335 e. The van der Waals surface area contributed by atoms with Crippen molar-refractivity contribution >= 4 is 16.8 Å². The van der Waals surface area contributed by atoms with E-state index in [-0.39, 0.29) is 11.9 Å². The molecule has 1 amide bonds. The second-order valence-electron chi connectivity index (χ2n) is 4.81. The summed E-state index contributed by atoms with van der Waals surface area (Å²) in [6, 6.07) is 13.0. The van der Waals surface area contributed by atoms with Gasteiger partial charge in [0, 0.05) is 5.39 Å². The first-order chi connectivity index (χ1) is 9.28. The summed E-state index contributed by atoms with van der Waals surface area (Å²) >= 11 is 0. The predicted molar refractivity (Wildman–Crippen MR) is 71.3 cm³/mol. The van der Waals surface area contributed by atoms with E-state index in [1.807, 2.05) is 30.3 Å². The summed E-state index contributed by atoms with van der Waals surface area (Å²) in [6.07, 6.45) is 2.04. The molecule has 19 heavy (non-hydrogen) atoms. The van der Waals surface area contributed by atoms with Gasteiger partial charge in [-0.3, -0.25) is 4.79 Å². The number of pyridine rings is 1. The summed E-state index contributed by atoms with van der Waals surface area (Å²) in [6.45, 7) is 0. The second kappa shape index (κ2) is 4.69. The minimum absolute atomic E-state index is 0.274. The summed E-state index contributed by atoms with van der Waals surface area (Å²) in [4.78, 5) is 16.4. The number of amides is 1. The molecular formula is C15H13N3O. The van der Waals surface area contributed by atoms with E-state index in [0.29, 0.717) is 11.6 Å². The highest BCUT2D eigenvalue weighted by Crippen LogP contribution is 2.32. The first-order valence-electron chi connectivity index (χ1n) is 6.34. The molecule has 1 unspecified atom stereocenters. The number of aromatic nitrogens is 1. The summed E-state index contributed by atoms with van der Waals surface area (Å²) in [5.41, 5.74) is 1.15. The summed E-state index contributed by atoms with van der Waals surface area (Å²) < 4.78 is 0. The summed E-state index contributed by atoms with van der Waals surface area (Å²) in [7, 11) is 0. The van der Waals surface area contributed by atoms with Crippen LogP contribution >= 0.6 is 0 Å². The molecule has 1 atom stereocenters. The number of carbonyl (C=O) groups is 1. The van der Waals surface area contributed by atoms with Gasteiger partial charge in [0.05, 0.1) is 11.6 Å². The fraction of sp³-hybridized carbons (Fsp3) is 0.267. The monoisotopic (exact) mass is 251 g/mol. The maximum Gasteiger partial charge on any atom is 0.270 e. The fourth-order valence-corrected chi connectivity index (χ4v) is 2.09. The molecule has 1 fully saturated rings. The Morgan fingerprint density at radius 2 is 2.11 bits per heavy atom. The van der Waals surface area contributed by atoms with Crippen LogP contribution in [0.3, 0.4) is 0 Å². The van der Waals surface area contributed by atoms with Gasteiger partial charge < -0.3 is 5.32 Å². The average molecular weight is 251 g/mol. The quantitative estimate of drug-likeness (QED) is 0.910. The standard InChI is InChI=1S/C15H13N3O/c16-9-14(11-5-6-11)18-15(19)13-8-7-10-3-1-2-4-12(10)17-13/h1-4,7-8,11,14H,5-6H2,(H,18,19). The lowest BCUT2D eigenvalue weighted by molar-refractivity contribution is 0.0937. The maximum atomic E-state index is 12.1. The van der Waals surface area contributed by atoms with Gasteiger partial charge in [-0.2, -0.15) is 5.26 Å². The van der Waals surface area contributed by atoms with Crippen LogP contribution in [-0.4, -0.2) is 16.9 Å². The summed E-state index contributed by atoms with van der Waals surface area (Å²) in [5.74, 6) is 0.0404. The van der Waals surface area contributed by atoms with Gasteiger partial charge in [-0.1, -0.05) is 24.3 Å². The van der Waals surface area contributed by atoms with Gasteiger partial charge in [-0.05, 0) is 30.9 Å². The molecule has 0 bridgehead atoms. The van der Waals surface area contributed by atoms with E-state index in [9.17, 15) is 4.79 Å². The molecule has 1 aliphatic rings. The van der Waals surface area contributed by atoms with E-state index in [4.69, 9.17) is 5.26 Å². The third-order valence-electron chi connectivity index (χ3n) is 3.35. The van der Waals surface area contributed by atoms with Gasteiger partial charge >= 0.3 is 0 Å². The first kappa shape index (κ1) is 11.7. The number of fused-ring (bicyclic) bond motifs is 1. The molecule has 1 saturated carbocycles. The zero-order valence-corrected chi connectivity index (χ0v) is 10.3. The topological polar surface area (TPSA) is 65.8 Å². The molecule has 1 N–H and O–H groups in total. The molecule has 3 rings (SSSR count). The Labute approximate surface area is 111 Å². The zero-order valence-electron chi connectivity index (χ0n) is 10.3. The van der Waals surface area contributed by atoms with Crippen molar-refractivity contribution in [1.82, 2.24) is 10.3 Å². The van der Waals surface area contributed by atoms with Gasteiger partial charge in [0.15, 0.2) is 0 Å². The number of nitrogens with zero attached hydrogens (tertiary/aromatic N) is 2. The molecule has 1 aromatic heterocycles. The summed E-state index contributed by atoms with van der Waals surface area (Å²) in [5, 5.41) is 12.8. The molecule has 94 valence electrons. The Kier molecular flexibility index (Phi) is 2.88. The highest BCUT2D eigenvalue weighted by Gasteiger charge is 2.32. The number of rotatable bonds is 3. The smallest absolute Gasteiger partial charge is 0.270 e. The van der Waals surface area contributed by atoms with Gasteiger partial charge in [0.1, 0.15) is 11.7 Å². The van der Waals surface area contributed by atoms with E-state index < -0.39 is 0 Å². The van der Waals surface area contributed by atoms with Crippen LogP contribution in [0, 0.1) is 17.2 Å². The zero-order chi connectivity index (χ0) is 13.2. The van der Waals surface area contributed by atoms with Crippen LogP contribution < -0.4 is 5.32 Å². The number of para-hydroxylation sites is 1. The van der Waals surface area contributed by atoms with E-state index in [1.54, 1.807) is 6.07 Å². The molecule has 0 saturated heterocycles. The lowest BCUT2D eigenvalue weighted by Gasteiger charge is -2.10. The molecule has 2 aromatic rings. The maximum absolute atomic E-state index is 12.1. The van der Waals surface area contributed by atoms with E-state index in [2.05, 4.69) is 16.4 Å². The average Bonchev–Trinajstić information content (AvgIpc) is 3.28. The SMILES string of the molecule is N#CC(NC(=O)c1ccc2ccccc2n1)C1CC1. The van der Waals surface area contributed by atoms with Crippen molar-refractivity contribution in [2.24, 2.45) is 5.92 Å². The molecule has 0 spiro atoms. The van der Waals surface area contributed by atoms with Crippen LogP contribution in [-0.2, 0) is 0 Å². The number of nitrogens with one attached hydrogen (secondary N) is 1. The Hall–Kier alpha value is -2.41. The van der Waals surface area contributed by atoms with Crippen molar-refractivity contribution in [3.8, 4) is 6.07 Å². The van der Waals surface area contributed by atoms with Crippen LogP contribution in [0.4, 0.5) is 0 Å². The number of hydrogen-bond acceptors (Lipinski definition) is 3. The number of carbonyl (C=O) groups excluding carboxylic acids is 1. The second-order valence-corrected chi connectivity index (χ2v) is 4.81. The molecule has 0 radical (unpaired) electrons. The van der Waals surface area contributed by atoms with Crippen molar-refractivity contribution in [3.05, 3.63) is 42.1 Å². The van der Waals surface area contributed by atoms with E-state index in [1.165, 1.54) is 0 Å². The molecule has 1 aliphatic carbocycles. The molecule has 0 aliphatic heterocycles. The van der Waals surface area contributed by atoms with Crippen LogP contribution in [0.25, 0.3) is 10.9 Å². The van der Waals surface area contributed by atoms with Crippen LogP contribution in [0.1, 0.15) is 23.3 Å². The Morgan fingerprint density at radius 1 is 1.32 bits per heavy atom. The number of hydrogen-bond donors (Lipinski definition) is 1. The number of nitriles is 1. The molecule has 4 nitrogen and oxygen atoms in total. The molecule has 1 aromatic carbocycles. The lowest BCUT2D eigenvalue weighted by atomic mass is 10.2. The molecule has 4 heteroatoms. The van der Waals surface area contributed by atoms with Gasteiger partial charge in [0.25, 0.3) is 5.91 Å². The van der Waals surface area contributed by atoms with E-state index in [0.717, 1.165) is 23.7 Å². The Bertz CT molecular complexity index is 670. The molecular weight excluding hydrogens is 238 g/mol. The lowest BCUT2D eigenvalue weighted by Crippen LogP contribution is -2.35.